The molecule has 0 atom stereocenters. The number of carbonyl (C=O) groups excluding carboxylic acids is 1. The van der Waals surface area contributed by atoms with E-state index >= 15 is 0 Å². The highest BCUT2D eigenvalue weighted by Crippen LogP contribution is 2.06. The number of nitrogens with one attached hydrogen (secondary N) is 1. The minimum atomic E-state index is -0.600. The molecule has 0 aromatic carbocycles. The van der Waals surface area contributed by atoms with Crippen LogP contribution in [0.4, 0.5) is 0 Å². The van der Waals surface area contributed by atoms with Crippen LogP contribution in [0.3, 0.4) is 0 Å². The highest BCUT2D eigenvalue weighted by molar-refractivity contribution is 5.87. The van der Waals surface area contributed by atoms with Crippen molar-refractivity contribution in [3.63, 3.8) is 0 Å². The van der Waals surface area contributed by atoms with Gasteiger partial charge in [-0.05, 0) is 13.0 Å². The predicted molar refractivity (Wildman–Crippen MR) is 49.4 cm³/mol. The van der Waals surface area contributed by atoms with Crippen LogP contribution in [-0.2, 0) is 19.0 Å². The molecule has 1 aliphatic heterocycles. The Hall–Kier alpha value is -0.910. The average molecular weight is 201 g/mol. The third kappa shape index (κ3) is 3.45. The van der Waals surface area contributed by atoms with Gasteiger partial charge >= 0.3 is 0 Å². The third-order valence-corrected chi connectivity index (χ3v) is 1.70. The lowest BCUT2D eigenvalue weighted by Crippen LogP contribution is -2.47. The topological polar surface area (TPSA) is 56.8 Å². The average Bonchev–Trinajstić information content (AvgIpc) is 2.21. The molecule has 0 unspecified atom stereocenters. The Kier molecular flexibility index (Phi) is 4.58. The van der Waals surface area contributed by atoms with Crippen LogP contribution in [0.2, 0.25) is 0 Å². The Morgan fingerprint density at radius 3 is 2.79 bits per heavy atom. The van der Waals surface area contributed by atoms with Gasteiger partial charge < -0.3 is 19.5 Å². The molecule has 5 nitrogen and oxygen atoms in total. The van der Waals surface area contributed by atoms with E-state index in [-0.39, 0.29) is 11.9 Å². The smallest absolute Gasteiger partial charge is 0.271 e. The highest BCUT2D eigenvalue weighted by Gasteiger charge is 2.22. The Morgan fingerprint density at radius 2 is 2.29 bits per heavy atom. The molecular formula is C9H15NO4. The second kappa shape index (κ2) is 5.74. The predicted octanol–water partition coefficient (Wildman–Crippen LogP) is 0.0241. The fraction of sp³-hybridized carbons (Fsp3) is 0.667. The van der Waals surface area contributed by atoms with E-state index in [1.54, 1.807) is 0 Å². The fourth-order valence-electron chi connectivity index (χ4n) is 1.06. The molecule has 1 N–H and O–H groups in total. The van der Waals surface area contributed by atoms with Crippen molar-refractivity contribution in [3.8, 4) is 0 Å². The summed E-state index contributed by atoms with van der Waals surface area (Å²) in [4.78, 5) is 10.9. The summed E-state index contributed by atoms with van der Waals surface area (Å²) in [6, 6.07) is -0.128. The van der Waals surface area contributed by atoms with Crippen LogP contribution in [0, 0.1) is 0 Å². The summed E-state index contributed by atoms with van der Waals surface area (Å²) in [5.41, 5.74) is 0. The van der Waals surface area contributed by atoms with Crippen molar-refractivity contribution in [3.05, 3.63) is 12.7 Å². The summed E-state index contributed by atoms with van der Waals surface area (Å²) >= 11 is 0. The molecule has 1 fully saturated rings. The van der Waals surface area contributed by atoms with Gasteiger partial charge in [0.2, 0.25) is 5.91 Å². The van der Waals surface area contributed by atoms with Crippen molar-refractivity contribution in [2.45, 2.75) is 19.4 Å². The Labute approximate surface area is 83.0 Å². The Bertz CT molecular complexity index is 199. The van der Waals surface area contributed by atoms with Gasteiger partial charge in [-0.2, -0.15) is 0 Å². The Balaban J connectivity index is 2.21. The first-order chi connectivity index (χ1) is 6.76. The van der Waals surface area contributed by atoms with E-state index < -0.39 is 6.48 Å². The van der Waals surface area contributed by atoms with Crippen LogP contribution < -0.4 is 5.32 Å². The Morgan fingerprint density at radius 1 is 1.64 bits per heavy atom. The van der Waals surface area contributed by atoms with Crippen LogP contribution in [0.15, 0.2) is 12.7 Å². The SMILES string of the molecule is C=CC(=O)N[C@H]1CO[C@H](OCC)OC1. The minimum Gasteiger partial charge on any atom is -0.345 e. The number of carbonyl (C=O) groups is 1. The van der Waals surface area contributed by atoms with E-state index in [4.69, 9.17) is 14.2 Å². The zero-order valence-electron chi connectivity index (χ0n) is 8.19. The fourth-order valence-corrected chi connectivity index (χ4v) is 1.06. The van der Waals surface area contributed by atoms with Gasteiger partial charge in [0.1, 0.15) is 0 Å². The van der Waals surface area contributed by atoms with E-state index in [2.05, 4.69) is 11.9 Å². The van der Waals surface area contributed by atoms with Crippen LogP contribution in [-0.4, -0.2) is 38.2 Å². The maximum Gasteiger partial charge on any atom is 0.271 e. The second-order valence-electron chi connectivity index (χ2n) is 2.82. The molecule has 1 amide bonds. The number of hydrogen-bond donors (Lipinski definition) is 1. The van der Waals surface area contributed by atoms with Crippen molar-refractivity contribution in [1.29, 1.82) is 0 Å². The largest absolute Gasteiger partial charge is 0.345 e. The molecular weight excluding hydrogens is 186 g/mol. The lowest BCUT2D eigenvalue weighted by atomic mass is 10.3. The van der Waals surface area contributed by atoms with Crippen LogP contribution in [0.5, 0.6) is 0 Å². The maximum absolute atomic E-state index is 10.9. The van der Waals surface area contributed by atoms with Crippen molar-refractivity contribution < 1.29 is 19.0 Å². The summed E-state index contributed by atoms with van der Waals surface area (Å²) in [6.07, 6.45) is 1.22. The normalized spacial score (nSPS) is 26.9. The zero-order chi connectivity index (χ0) is 10.4. The molecule has 80 valence electrons. The second-order valence-corrected chi connectivity index (χ2v) is 2.82. The summed E-state index contributed by atoms with van der Waals surface area (Å²) in [5, 5.41) is 2.67. The van der Waals surface area contributed by atoms with E-state index in [1.807, 2.05) is 6.92 Å². The molecule has 14 heavy (non-hydrogen) atoms. The van der Waals surface area contributed by atoms with Gasteiger partial charge in [-0.1, -0.05) is 6.58 Å². The molecule has 0 aromatic rings. The molecule has 0 bridgehead atoms. The van der Waals surface area contributed by atoms with Gasteiger partial charge in [-0.25, -0.2) is 0 Å². The summed E-state index contributed by atoms with van der Waals surface area (Å²) < 4.78 is 15.5. The lowest BCUT2D eigenvalue weighted by Gasteiger charge is -2.28. The molecule has 0 aromatic heterocycles. The van der Waals surface area contributed by atoms with E-state index in [0.29, 0.717) is 19.8 Å². The van der Waals surface area contributed by atoms with Gasteiger partial charge in [0.05, 0.1) is 19.3 Å². The van der Waals surface area contributed by atoms with Crippen molar-refractivity contribution in [1.82, 2.24) is 5.32 Å². The molecule has 1 aliphatic rings. The molecule has 5 heteroatoms. The van der Waals surface area contributed by atoms with Gasteiger partial charge in [0, 0.05) is 6.61 Å². The van der Waals surface area contributed by atoms with Crippen molar-refractivity contribution >= 4 is 5.91 Å². The summed E-state index contributed by atoms with van der Waals surface area (Å²) in [7, 11) is 0. The molecule has 1 rings (SSSR count). The molecule has 0 saturated carbocycles. The molecule has 1 heterocycles. The van der Waals surface area contributed by atoms with Gasteiger partial charge in [0.15, 0.2) is 0 Å². The number of ether oxygens (including phenoxy) is 3. The van der Waals surface area contributed by atoms with E-state index in [1.165, 1.54) is 6.08 Å². The molecule has 1 saturated heterocycles. The first-order valence-corrected chi connectivity index (χ1v) is 4.54. The first-order valence-electron chi connectivity index (χ1n) is 4.54. The van der Waals surface area contributed by atoms with Crippen LogP contribution in [0.1, 0.15) is 6.92 Å². The number of hydrogen-bond acceptors (Lipinski definition) is 4. The highest BCUT2D eigenvalue weighted by atomic mass is 16.8. The molecule has 0 spiro atoms. The lowest BCUT2D eigenvalue weighted by molar-refractivity contribution is -0.313. The number of rotatable bonds is 4. The van der Waals surface area contributed by atoms with Crippen LogP contribution in [0.25, 0.3) is 0 Å². The van der Waals surface area contributed by atoms with Crippen molar-refractivity contribution in [2.75, 3.05) is 19.8 Å². The first kappa shape index (κ1) is 11.2. The third-order valence-electron chi connectivity index (χ3n) is 1.70. The minimum absolute atomic E-state index is 0.128. The van der Waals surface area contributed by atoms with E-state index in [9.17, 15) is 4.79 Å². The standard InChI is InChI=1S/C9H15NO4/c1-3-8(11)10-7-5-13-9(12-4-2)14-6-7/h3,7,9H,1,4-6H2,2H3,(H,10,11)/t7-,9-. The monoisotopic (exact) mass is 201 g/mol. The summed E-state index contributed by atoms with van der Waals surface area (Å²) in [6.45, 7) is 5.93. The molecule has 0 aliphatic carbocycles. The maximum atomic E-state index is 10.9. The van der Waals surface area contributed by atoms with Gasteiger partial charge in [0.25, 0.3) is 6.48 Å². The summed E-state index contributed by atoms with van der Waals surface area (Å²) in [5.74, 6) is -0.225. The van der Waals surface area contributed by atoms with Gasteiger partial charge in [-0.15, -0.1) is 0 Å². The van der Waals surface area contributed by atoms with E-state index in [0.717, 1.165) is 0 Å². The number of amides is 1. The van der Waals surface area contributed by atoms with Gasteiger partial charge in [-0.3, -0.25) is 4.79 Å². The zero-order valence-corrected chi connectivity index (χ0v) is 8.19. The molecule has 0 radical (unpaired) electrons. The van der Waals surface area contributed by atoms with Crippen LogP contribution >= 0.6 is 0 Å². The van der Waals surface area contributed by atoms with Crippen molar-refractivity contribution in [2.24, 2.45) is 0 Å². The quantitative estimate of drug-likeness (QED) is 0.652.